The van der Waals surface area contributed by atoms with Gasteiger partial charge in [0.05, 0.1) is 12.2 Å². The lowest BCUT2D eigenvalue weighted by Gasteiger charge is -2.12. The van der Waals surface area contributed by atoms with Gasteiger partial charge < -0.3 is 5.32 Å². The largest absolute Gasteiger partial charge is 0.326 e. The summed E-state index contributed by atoms with van der Waals surface area (Å²) in [6, 6.07) is 18.7. The van der Waals surface area contributed by atoms with Crippen LogP contribution < -0.4 is 10.6 Å². The number of hydrogen-bond acceptors (Lipinski definition) is 3. The van der Waals surface area contributed by atoms with Gasteiger partial charge in [-0.2, -0.15) is 5.10 Å². The molecule has 2 aromatic carbocycles. The van der Waals surface area contributed by atoms with Gasteiger partial charge in [0.2, 0.25) is 5.96 Å². The molecule has 0 spiro atoms. The Bertz CT molecular complexity index is 945. The van der Waals surface area contributed by atoms with Gasteiger partial charge >= 0.3 is 0 Å². The number of nitrogens with one attached hydrogen (secondary N) is 2. The monoisotopic (exact) mass is 361 g/mol. The minimum absolute atomic E-state index is 0.211. The van der Waals surface area contributed by atoms with Crippen molar-refractivity contribution >= 4 is 17.6 Å². The van der Waals surface area contributed by atoms with Crippen LogP contribution in [0, 0.1) is 13.8 Å². The van der Waals surface area contributed by atoms with Crippen molar-refractivity contribution in [2.24, 2.45) is 12.0 Å². The number of hydrogen-bond donors (Lipinski definition) is 2. The van der Waals surface area contributed by atoms with Gasteiger partial charge in [-0.05, 0) is 38.1 Å². The highest BCUT2D eigenvalue weighted by Gasteiger charge is 2.12. The number of carbonyl (C=O) groups excluding carboxylic acids is 1. The number of amides is 1. The summed E-state index contributed by atoms with van der Waals surface area (Å²) in [6.07, 6.45) is 0. The summed E-state index contributed by atoms with van der Waals surface area (Å²) in [5.41, 5.74) is 4.48. The predicted octanol–water partition coefficient (Wildman–Crippen LogP) is 3.44. The molecule has 1 heterocycles. The smallest absolute Gasteiger partial charge is 0.257 e. The van der Waals surface area contributed by atoms with Gasteiger partial charge in [-0.15, -0.1) is 0 Å². The lowest BCUT2D eigenvalue weighted by Crippen LogP contribution is -2.36. The molecule has 0 atom stereocenters. The molecule has 0 saturated carbocycles. The number of aliphatic imine (C=N–C) groups is 1. The summed E-state index contributed by atoms with van der Waals surface area (Å²) in [5, 5.41) is 10.5. The number of aromatic nitrogens is 2. The van der Waals surface area contributed by atoms with Crippen molar-refractivity contribution < 1.29 is 4.79 Å². The second kappa shape index (κ2) is 8.31. The first kappa shape index (κ1) is 18.4. The predicted molar refractivity (Wildman–Crippen MR) is 108 cm³/mol. The zero-order chi connectivity index (χ0) is 19.2. The lowest BCUT2D eigenvalue weighted by atomic mass is 10.2. The van der Waals surface area contributed by atoms with Gasteiger partial charge in [0, 0.05) is 29.6 Å². The second-order valence-electron chi connectivity index (χ2n) is 6.25. The SMILES string of the molecule is Cc1nn(C)c(C)c1CN=C(NC(=O)c1ccccc1)Nc1ccccc1. The molecule has 6 nitrogen and oxygen atoms in total. The summed E-state index contributed by atoms with van der Waals surface area (Å²) in [6.45, 7) is 4.40. The molecule has 0 radical (unpaired) electrons. The lowest BCUT2D eigenvalue weighted by molar-refractivity contribution is 0.0977. The van der Waals surface area contributed by atoms with Crippen molar-refractivity contribution in [1.29, 1.82) is 0 Å². The molecule has 138 valence electrons. The van der Waals surface area contributed by atoms with Crippen LogP contribution in [0.15, 0.2) is 65.7 Å². The van der Waals surface area contributed by atoms with Crippen LogP contribution in [0.2, 0.25) is 0 Å². The number of benzene rings is 2. The van der Waals surface area contributed by atoms with Gasteiger partial charge in [0.25, 0.3) is 5.91 Å². The fourth-order valence-electron chi connectivity index (χ4n) is 2.74. The Morgan fingerprint density at radius 3 is 2.26 bits per heavy atom. The normalized spacial score (nSPS) is 11.3. The topological polar surface area (TPSA) is 71.3 Å². The number of rotatable bonds is 4. The Morgan fingerprint density at radius 1 is 1.04 bits per heavy atom. The van der Waals surface area contributed by atoms with Gasteiger partial charge in [-0.1, -0.05) is 36.4 Å². The van der Waals surface area contributed by atoms with Crippen molar-refractivity contribution in [2.75, 3.05) is 5.32 Å². The van der Waals surface area contributed by atoms with Crippen LogP contribution in [0.3, 0.4) is 0 Å². The Kier molecular flexibility index (Phi) is 5.66. The first-order valence-corrected chi connectivity index (χ1v) is 8.76. The molecule has 0 aliphatic rings. The minimum Gasteiger partial charge on any atom is -0.326 e. The maximum atomic E-state index is 12.5. The Hall–Kier alpha value is -3.41. The van der Waals surface area contributed by atoms with Crippen LogP contribution in [-0.2, 0) is 13.6 Å². The number of carbonyl (C=O) groups is 1. The summed E-state index contributed by atoms with van der Waals surface area (Å²) in [4.78, 5) is 17.2. The third-order valence-corrected chi connectivity index (χ3v) is 4.36. The molecule has 27 heavy (non-hydrogen) atoms. The van der Waals surface area contributed by atoms with E-state index in [1.807, 2.05) is 74.1 Å². The van der Waals surface area contributed by atoms with Gasteiger partial charge in [0.15, 0.2) is 0 Å². The molecule has 0 fully saturated rings. The van der Waals surface area contributed by atoms with Crippen LogP contribution in [0.1, 0.15) is 27.3 Å². The second-order valence-corrected chi connectivity index (χ2v) is 6.25. The highest BCUT2D eigenvalue weighted by Crippen LogP contribution is 2.13. The van der Waals surface area contributed by atoms with E-state index in [-0.39, 0.29) is 5.91 Å². The molecule has 1 aromatic heterocycles. The molecular formula is C21H23N5O. The molecule has 1 amide bonds. The van der Waals surface area contributed by atoms with Crippen molar-refractivity contribution in [1.82, 2.24) is 15.1 Å². The first-order valence-electron chi connectivity index (χ1n) is 8.76. The Balaban J connectivity index is 1.83. The van der Waals surface area contributed by atoms with Gasteiger partial charge in [-0.25, -0.2) is 4.99 Å². The molecule has 0 aliphatic carbocycles. The van der Waals surface area contributed by atoms with E-state index in [9.17, 15) is 4.79 Å². The quantitative estimate of drug-likeness (QED) is 0.552. The Morgan fingerprint density at radius 2 is 1.67 bits per heavy atom. The summed E-state index contributed by atoms with van der Waals surface area (Å²) < 4.78 is 1.84. The van der Waals surface area contributed by atoms with Gasteiger partial charge in [0.1, 0.15) is 0 Å². The average Bonchev–Trinajstić information content (AvgIpc) is 2.93. The molecule has 0 unspecified atom stereocenters. The number of aryl methyl sites for hydroxylation is 2. The summed E-state index contributed by atoms with van der Waals surface area (Å²) in [7, 11) is 1.91. The van der Waals surface area contributed by atoms with Crippen LogP contribution in [-0.4, -0.2) is 21.6 Å². The molecular weight excluding hydrogens is 338 g/mol. The maximum Gasteiger partial charge on any atom is 0.257 e. The van der Waals surface area contributed by atoms with Crippen LogP contribution in [0.25, 0.3) is 0 Å². The van der Waals surface area contributed by atoms with E-state index >= 15 is 0 Å². The van der Waals surface area contributed by atoms with E-state index in [0.29, 0.717) is 18.1 Å². The fraction of sp³-hybridized carbons (Fsp3) is 0.190. The molecule has 0 saturated heterocycles. The summed E-state index contributed by atoms with van der Waals surface area (Å²) >= 11 is 0. The Labute approximate surface area is 158 Å². The zero-order valence-corrected chi connectivity index (χ0v) is 15.7. The third kappa shape index (κ3) is 4.61. The van der Waals surface area contributed by atoms with E-state index in [0.717, 1.165) is 22.6 Å². The van der Waals surface area contributed by atoms with Crippen LogP contribution >= 0.6 is 0 Å². The van der Waals surface area contributed by atoms with Crippen LogP contribution in [0.4, 0.5) is 5.69 Å². The fourth-order valence-corrected chi connectivity index (χ4v) is 2.74. The highest BCUT2D eigenvalue weighted by atomic mass is 16.1. The molecule has 6 heteroatoms. The molecule has 0 aliphatic heterocycles. The first-order chi connectivity index (χ1) is 13.0. The molecule has 3 rings (SSSR count). The minimum atomic E-state index is -0.211. The van der Waals surface area contributed by atoms with E-state index in [4.69, 9.17) is 0 Å². The number of nitrogens with zero attached hydrogens (tertiary/aromatic N) is 3. The summed E-state index contributed by atoms with van der Waals surface area (Å²) in [5.74, 6) is 0.190. The molecule has 0 bridgehead atoms. The van der Waals surface area contributed by atoms with Crippen molar-refractivity contribution in [3.63, 3.8) is 0 Å². The van der Waals surface area contributed by atoms with Crippen LogP contribution in [0.5, 0.6) is 0 Å². The van der Waals surface area contributed by atoms with E-state index in [2.05, 4.69) is 20.7 Å². The standard InChI is InChI=1S/C21H23N5O/c1-15-19(16(2)26(3)25-15)14-22-21(23-18-12-8-5-9-13-18)24-20(27)17-10-6-4-7-11-17/h4-13H,14H2,1-3H3,(H2,22,23,24,27). The maximum absolute atomic E-state index is 12.5. The van der Waals surface area contributed by atoms with E-state index < -0.39 is 0 Å². The zero-order valence-electron chi connectivity index (χ0n) is 15.7. The van der Waals surface area contributed by atoms with E-state index in [1.165, 1.54) is 0 Å². The number of anilines is 1. The highest BCUT2D eigenvalue weighted by molar-refractivity contribution is 6.09. The number of para-hydroxylation sites is 1. The third-order valence-electron chi connectivity index (χ3n) is 4.36. The average molecular weight is 361 g/mol. The van der Waals surface area contributed by atoms with E-state index in [1.54, 1.807) is 12.1 Å². The van der Waals surface area contributed by atoms with Crippen molar-refractivity contribution in [2.45, 2.75) is 20.4 Å². The van der Waals surface area contributed by atoms with Gasteiger partial charge in [-0.3, -0.25) is 14.8 Å². The van der Waals surface area contributed by atoms with Crippen molar-refractivity contribution in [3.8, 4) is 0 Å². The molecule has 3 aromatic rings. The number of guanidine groups is 1. The van der Waals surface area contributed by atoms with Crippen molar-refractivity contribution in [3.05, 3.63) is 83.2 Å². The molecule has 2 N–H and O–H groups in total.